The van der Waals surface area contributed by atoms with Crippen molar-refractivity contribution in [2.24, 2.45) is 0 Å². The third kappa shape index (κ3) is 2.26. The lowest BCUT2D eigenvalue weighted by Crippen LogP contribution is -2.50. The van der Waals surface area contributed by atoms with Gasteiger partial charge in [0.2, 0.25) is 0 Å². The molecule has 6 nitrogen and oxygen atoms in total. The Morgan fingerprint density at radius 1 is 1.35 bits per heavy atom. The molecule has 2 aromatic heterocycles. The molecule has 1 aliphatic heterocycles. The van der Waals surface area contributed by atoms with Gasteiger partial charge in [0.1, 0.15) is 12.2 Å². The molecule has 0 aliphatic carbocycles. The highest BCUT2D eigenvalue weighted by Gasteiger charge is 2.38. The molecule has 1 fully saturated rings. The number of ether oxygens (including phenoxy) is 1. The van der Waals surface area contributed by atoms with E-state index in [2.05, 4.69) is 4.98 Å². The number of thioether (sulfide) groups is 1. The minimum absolute atomic E-state index is 0.319. The van der Waals surface area contributed by atoms with E-state index in [1.54, 1.807) is 12.3 Å². The Hall–Kier alpha value is -1.28. The number of hydrogen-bond acceptors (Lipinski definition) is 6. The highest BCUT2D eigenvalue weighted by atomic mass is 32.2. The molecule has 0 bridgehead atoms. The van der Waals surface area contributed by atoms with Crippen LogP contribution in [0.25, 0.3) is 5.65 Å². The first-order chi connectivity index (χ1) is 9.58. The normalized spacial score (nSPS) is 30.6. The first-order valence-electron chi connectivity index (χ1n) is 6.33. The quantitative estimate of drug-likeness (QED) is 0.733. The number of aliphatic hydroxyl groups excluding tert-OH is 3. The van der Waals surface area contributed by atoms with Crippen LogP contribution in [-0.2, 0) is 0 Å². The molecular weight excluding hydrogens is 280 g/mol. The maximum Gasteiger partial charge on any atom is 0.179 e. The summed E-state index contributed by atoms with van der Waals surface area (Å²) in [5.41, 5.74) is 1.02. The summed E-state index contributed by atoms with van der Waals surface area (Å²) in [5, 5.41) is 29.2. The van der Waals surface area contributed by atoms with Crippen LogP contribution in [0.1, 0.15) is 5.69 Å². The van der Waals surface area contributed by atoms with Gasteiger partial charge in [0.15, 0.2) is 16.8 Å². The molecule has 0 amide bonds. The lowest BCUT2D eigenvalue weighted by molar-refractivity contribution is -0.0784. The number of pyridine rings is 1. The summed E-state index contributed by atoms with van der Waals surface area (Å²) in [5.74, 6) is 0.861. The van der Waals surface area contributed by atoms with E-state index in [0.717, 1.165) is 5.69 Å². The van der Waals surface area contributed by atoms with E-state index in [0.29, 0.717) is 17.1 Å². The molecule has 0 spiro atoms. The van der Waals surface area contributed by atoms with Crippen LogP contribution in [0.5, 0.6) is 5.75 Å². The van der Waals surface area contributed by atoms with Gasteiger partial charge in [0, 0.05) is 23.8 Å². The molecule has 3 N–H and O–H groups in total. The van der Waals surface area contributed by atoms with Gasteiger partial charge >= 0.3 is 0 Å². The third-order valence-corrected chi connectivity index (χ3v) is 4.62. The van der Waals surface area contributed by atoms with Gasteiger partial charge < -0.3 is 24.5 Å². The summed E-state index contributed by atoms with van der Waals surface area (Å²) >= 11 is 1.27. The van der Waals surface area contributed by atoms with Crippen LogP contribution in [0.4, 0.5) is 0 Å². The van der Waals surface area contributed by atoms with Crippen LogP contribution >= 0.6 is 11.8 Å². The molecule has 4 atom stereocenters. The van der Waals surface area contributed by atoms with E-state index in [1.165, 1.54) is 11.8 Å². The van der Waals surface area contributed by atoms with Gasteiger partial charge in [-0.15, -0.1) is 11.8 Å². The predicted octanol–water partition coefficient (Wildman–Crippen LogP) is 0.177. The summed E-state index contributed by atoms with van der Waals surface area (Å²) in [4.78, 5) is 4.28. The average molecular weight is 296 g/mol. The molecule has 3 heterocycles. The molecular formula is C13H16N2O4S. The van der Waals surface area contributed by atoms with E-state index in [1.807, 2.05) is 23.6 Å². The Morgan fingerprint density at radius 3 is 2.95 bits per heavy atom. The van der Waals surface area contributed by atoms with Crippen molar-refractivity contribution in [2.75, 3.05) is 5.75 Å². The minimum atomic E-state index is -1.19. The molecule has 0 unspecified atom stereocenters. The van der Waals surface area contributed by atoms with Gasteiger partial charge in [-0.2, -0.15) is 0 Å². The molecule has 1 aliphatic rings. The van der Waals surface area contributed by atoms with Crippen molar-refractivity contribution in [2.45, 2.75) is 30.7 Å². The van der Waals surface area contributed by atoms with Crippen LogP contribution < -0.4 is 4.74 Å². The van der Waals surface area contributed by atoms with Gasteiger partial charge in [-0.3, -0.25) is 0 Å². The van der Waals surface area contributed by atoms with E-state index < -0.39 is 23.7 Å². The van der Waals surface area contributed by atoms with Gasteiger partial charge in [-0.1, -0.05) is 0 Å². The Labute approximate surface area is 120 Å². The molecule has 7 heteroatoms. The Kier molecular flexibility index (Phi) is 3.59. The first kappa shape index (κ1) is 13.7. The fraction of sp³-hybridized carbons (Fsp3) is 0.462. The van der Waals surface area contributed by atoms with Crippen molar-refractivity contribution in [1.29, 1.82) is 0 Å². The highest BCUT2D eigenvalue weighted by molar-refractivity contribution is 7.99. The van der Waals surface area contributed by atoms with Gasteiger partial charge in [-0.25, -0.2) is 4.98 Å². The summed E-state index contributed by atoms with van der Waals surface area (Å²) in [6.07, 6.45) is 0.362. The molecule has 108 valence electrons. The van der Waals surface area contributed by atoms with Gasteiger partial charge in [-0.05, 0) is 19.1 Å². The van der Waals surface area contributed by atoms with E-state index in [-0.39, 0.29) is 0 Å². The predicted molar refractivity (Wildman–Crippen MR) is 74.8 cm³/mol. The summed E-state index contributed by atoms with van der Waals surface area (Å²) < 4.78 is 7.66. The monoisotopic (exact) mass is 296 g/mol. The van der Waals surface area contributed by atoms with Crippen molar-refractivity contribution < 1.29 is 20.1 Å². The summed E-state index contributed by atoms with van der Waals surface area (Å²) in [6.45, 7) is 1.94. The second-order valence-corrected chi connectivity index (χ2v) is 5.97. The SMILES string of the molecule is Cc1cnc2c(O[C@@H]3SC[C@@H](O)[C@H](O)[C@H]3O)cccn12. The third-order valence-electron chi connectivity index (χ3n) is 3.38. The van der Waals surface area contributed by atoms with Gasteiger partial charge in [0.05, 0.1) is 6.10 Å². The smallest absolute Gasteiger partial charge is 0.179 e. The molecule has 0 radical (unpaired) electrons. The second-order valence-electron chi connectivity index (χ2n) is 4.83. The number of hydrogen-bond donors (Lipinski definition) is 3. The number of aromatic nitrogens is 2. The maximum absolute atomic E-state index is 9.96. The van der Waals surface area contributed by atoms with Gasteiger partial charge in [0.25, 0.3) is 0 Å². The zero-order valence-electron chi connectivity index (χ0n) is 10.9. The fourth-order valence-electron chi connectivity index (χ4n) is 2.21. The summed E-state index contributed by atoms with van der Waals surface area (Å²) in [7, 11) is 0. The van der Waals surface area contributed by atoms with Crippen LogP contribution in [-0.4, -0.2) is 54.2 Å². The Balaban J connectivity index is 1.86. The molecule has 3 rings (SSSR count). The van der Waals surface area contributed by atoms with Crippen molar-refractivity contribution >= 4 is 17.4 Å². The maximum atomic E-state index is 9.96. The lowest BCUT2D eigenvalue weighted by Gasteiger charge is -2.34. The molecule has 2 aromatic rings. The molecule has 1 saturated heterocycles. The average Bonchev–Trinajstić information content (AvgIpc) is 2.82. The number of imidazole rings is 1. The standard InChI is InChI=1S/C13H16N2O4S/c1-7-5-14-12-9(3-2-4-15(7)12)19-13-11(18)10(17)8(16)6-20-13/h2-5,8,10-11,13,16-18H,6H2,1H3/t8-,10+,11-,13-/m1/s1. The first-order valence-corrected chi connectivity index (χ1v) is 7.38. The molecule has 20 heavy (non-hydrogen) atoms. The van der Waals surface area contributed by atoms with E-state index in [4.69, 9.17) is 4.74 Å². The topological polar surface area (TPSA) is 87.2 Å². The lowest BCUT2D eigenvalue weighted by atomic mass is 10.1. The van der Waals surface area contributed by atoms with E-state index >= 15 is 0 Å². The summed E-state index contributed by atoms with van der Waals surface area (Å²) in [6, 6.07) is 3.61. The van der Waals surface area contributed by atoms with E-state index in [9.17, 15) is 15.3 Å². The van der Waals surface area contributed by atoms with Crippen LogP contribution in [0.15, 0.2) is 24.5 Å². The molecule has 0 aromatic carbocycles. The number of rotatable bonds is 2. The second kappa shape index (κ2) is 5.25. The van der Waals surface area contributed by atoms with Crippen LogP contribution in [0, 0.1) is 6.92 Å². The molecule has 0 saturated carbocycles. The number of aliphatic hydroxyl groups is 3. The Morgan fingerprint density at radius 2 is 2.15 bits per heavy atom. The number of fused-ring (bicyclic) bond motifs is 1. The number of aryl methyl sites for hydroxylation is 1. The van der Waals surface area contributed by atoms with Crippen LogP contribution in [0.3, 0.4) is 0 Å². The number of nitrogens with zero attached hydrogens (tertiary/aromatic N) is 2. The largest absolute Gasteiger partial charge is 0.473 e. The minimum Gasteiger partial charge on any atom is -0.473 e. The van der Waals surface area contributed by atoms with Crippen molar-refractivity contribution in [3.8, 4) is 5.75 Å². The fourth-order valence-corrected chi connectivity index (χ4v) is 3.32. The van der Waals surface area contributed by atoms with Crippen molar-refractivity contribution in [3.63, 3.8) is 0 Å². The zero-order valence-corrected chi connectivity index (χ0v) is 11.7. The highest BCUT2D eigenvalue weighted by Crippen LogP contribution is 2.30. The van der Waals surface area contributed by atoms with Crippen molar-refractivity contribution in [1.82, 2.24) is 9.38 Å². The van der Waals surface area contributed by atoms with Crippen LogP contribution in [0.2, 0.25) is 0 Å². The van der Waals surface area contributed by atoms with Crippen molar-refractivity contribution in [3.05, 3.63) is 30.2 Å². The zero-order chi connectivity index (χ0) is 14.3. The Bertz CT molecular complexity index is 617.